The number of H-pyrrole nitrogens is 1. The lowest BCUT2D eigenvalue weighted by Crippen LogP contribution is -2.48. The van der Waals surface area contributed by atoms with Crippen molar-refractivity contribution in [2.24, 2.45) is 11.7 Å². The average molecular weight is 256 g/mol. The smallest absolute Gasteiger partial charge is 0.248 e. The molecule has 3 rings (SSSR count). The molecule has 1 aromatic rings. The fourth-order valence-electron chi connectivity index (χ4n) is 3.67. The maximum Gasteiger partial charge on any atom is 0.248 e. The lowest BCUT2D eigenvalue weighted by molar-refractivity contribution is 0.405. The zero-order chi connectivity index (χ0) is 13.6. The number of aromatic nitrogens is 1. The van der Waals surface area contributed by atoms with Gasteiger partial charge >= 0.3 is 0 Å². The maximum atomic E-state index is 11.5. The third kappa shape index (κ3) is 1.72. The first-order valence-corrected chi connectivity index (χ1v) is 6.96. The molecule has 0 fully saturated rings. The van der Waals surface area contributed by atoms with E-state index < -0.39 is 5.54 Å². The predicted molar refractivity (Wildman–Crippen MR) is 76.9 cm³/mol. The molecule has 2 aliphatic carbocycles. The molecule has 0 saturated heterocycles. The van der Waals surface area contributed by atoms with Crippen molar-refractivity contribution in [2.75, 3.05) is 0 Å². The Bertz CT molecular complexity index is 638. The van der Waals surface area contributed by atoms with Gasteiger partial charge in [0, 0.05) is 17.7 Å². The summed E-state index contributed by atoms with van der Waals surface area (Å²) in [6.07, 6.45) is 7.26. The molecule has 0 spiro atoms. The Morgan fingerprint density at radius 1 is 1.53 bits per heavy atom. The van der Waals surface area contributed by atoms with Crippen LogP contribution in [0.1, 0.15) is 37.9 Å². The van der Waals surface area contributed by atoms with Gasteiger partial charge in [0.15, 0.2) is 0 Å². The first kappa shape index (κ1) is 12.4. The number of hydrogen-bond donors (Lipinski definition) is 2. The van der Waals surface area contributed by atoms with Crippen molar-refractivity contribution < 1.29 is 0 Å². The van der Waals surface area contributed by atoms with E-state index in [2.05, 4.69) is 31.0 Å². The molecule has 0 saturated carbocycles. The number of aromatic amines is 1. The molecule has 2 atom stereocenters. The molecule has 0 aliphatic heterocycles. The van der Waals surface area contributed by atoms with E-state index in [1.54, 1.807) is 6.07 Å². The minimum Gasteiger partial charge on any atom is -0.326 e. The van der Waals surface area contributed by atoms with Crippen LogP contribution in [0.3, 0.4) is 0 Å². The summed E-state index contributed by atoms with van der Waals surface area (Å²) in [5.41, 5.74) is 11.1. The highest BCUT2D eigenvalue weighted by atomic mass is 16.1. The van der Waals surface area contributed by atoms with Crippen LogP contribution in [0, 0.1) is 5.92 Å². The fourth-order valence-corrected chi connectivity index (χ4v) is 3.67. The lowest BCUT2D eigenvalue weighted by atomic mass is 9.63. The second-order valence-electron chi connectivity index (χ2n) is 5.60. The van der Waals surface area contributed by atoms with Gasteiger partial charge in [-0.2, -0.15) is 0 Å². The monoisotopic (exact) mass is 256 g/mol. The second-order valence-corrected chi connectivity index (χ2v) is 5.60. The summed E-state index contributed by atoms with van der Waals surface area (Å²) in [6, 6.07) is 3.50. The van der Waals surface area contributed by atoms with Gasteiger partial charge in [-0.3, -0.25) is 4.79 Å². The van der Waals surface area contributed by atoms with Crippen molar-refractivity contribution in [2.45, 2.75) is 38.6 Å². The number of nitrogens with two attached hydrogens (primary N) is 1. The summed E-state index contributed by atoms with van der Waals surface area (Å²) in [6.45, 7) is 4.24. The van der Waals surface area contributed by atoms with Gasteiger partial charge in [0.2, 0.25) is 5.56 Å². The molecule has 0 aromatic carbocycles. The molecule has 3 N–H and O–H groups in total. The zero-order valence-electron chi connectivity index (χ0n) is 11.5. The summed E-state index contributed by atoms with van der Waals surface area (Å²) < 4.78 is 0. The highest BCUT2D eigenvalue weighted by molar-refractivity contribution is 5.49. The second kappa shape index (κ2) is 4.20. The number of pyridine rings is 1. The van der Waals surface area contributed by atoms with Crippen molar-refractivity contribution in [3.05, 3.63) is 57.0 Å². The largest absolute Gasteiger partial charge is 0.326 e. The molecule has 2 aliphatic rings. The topological polar surface area (TPSA) is 58.9 Å². The molecule has 1 aromatic heterocycles. The molecular weight excluding hydrogens is 236 g/mol. The molecule has 100 valence electrons. The highest BCUT2D eigenvalue weighted by Gasteiger charge is 2.44. The number of rotatable bonds is 1. The number of allylic oxidation sites excluding steroid dienone is 2. The van der Waals surface area contributed by atoms with Crippen LogP contribution < -0.4 is 11.3 Å². The van der Waals surface area contributed by atoms with Gasteiger partial charge in [-0.15, -0.1) is 0 Å². The molecule has 3 nitrogen and oxygen atoms in total. The summed E-state index contributed by atoms with van der Waals surface area (Å²) in [4.78, 5) is 14.5. The van der Waals surface area contributed by atoms with E-state index in [-0.39, 0.29) is 5.56 Å². The van der Waals surface area contributed by atoms with Gasteiger partial charge in [0.05, 0.1) is 5.54 Å². The Hall–Kier alpha value is -1.61. The Labute approximate surface area is 113 Å². The van der Waals surface area contributed by atoms with Crippen LogP contribution in [0.2, 0.25) is 0 Å². The maximum absolute atomic E-state index is 11.5. The van der Waals surface area contributed by atoms with Gasteiger partial charge < -0.3 is 10.7 Å². The third-order valence-corrected chi connectivity index (χ3v) is 4.53. The molecule has 3 heteroatoms. The van der Waals surface area contributed by atoms with Gasteiger partial charge in [-0.25, -0.2) is 0 Å². The van der Waals surface area contributed by atoms with E-state index in [0.29, 0.717) is 5.92 Å². The van der Waals surface area contributed by atoms with Crippen molar-refractivity contribution in [3.63, 3.8) is 0 Å². The Morgan fingerprint density at radius 2 is 2.32 bits per heavy atom. The van der Waals surface area contributed by atoms with Crippen LogP contribution >= 0.6 is 0 Å². The normalized spacial score (nSPS) is 31.0. The Morgan fingerprint density at radius 3 is 3.00 bits per heavy atom. The minimum absolute atomic E-state index is 0.0379. The van der Waals surface area contributed by atoms with Crippen LogP contribution in [0.4, 0.5) is 0 Å². The van der Waals surface area contributed by atoms with Crippen LogP contribution in [-0.2, 0) is 12.0 Å². The predicted octanol–water partition coefficient (Wildman–Crippen LogP) is 2.39. The summed E-state index contributed by atoms with van der Waals surface area (Å²) >= 11 is 0. The van der Waals surface area contributed by atoms with Crippen molar-refractivity contribution >= 4 is 0 Å². The fraction of sp³-hybridized carbons (Fsp3) is 0.438. The van der Waals surface area contributed by atoms with E-state index in [0.717, 1.165) is 30.5 Å². The van der Waals surface area contributed by atoms with Crippen LogP contribution in [0.15, 0.2) is 40.2 Å². The van der Waals surface area contributed by atoms with Gasteiger partial charge in [0.25, 0.3) is 0 Å². The quantitative estimate of drug-likeness (QED) is 0.758. The molecule has 0 unspecified atom stereocenters. The van der Waals surface area contributed by atoms with Crippen molar-refractivity contribution in [3.8, 4) is 0 Å². The first-order valence-electron chi connectivity index (χ1n) is 6.96. The highest BCUT2D eigenvalue weighted by Crippen LogP contribution is 2.48. The summed E-state index contributed by atoms with van der Waals surface area (Å²) in [7, 11) is 0. The van der Waals surface area contributed by atoms with E-state index >= 15 is 0 Å². The van der Waals surface area contributed by atoms with Crippen LogP contribution in [0.25, 0.3) is 0 Å². The number of fused-ring (bicyclic) bond motifs is 4. The number of hydrogen-bond acceptors (Lipinski definition) is 2. The Balaban J connectivity index is 2.24. The van der Waals surface area contributed by atoms with Gasteiger partial charge in [0.1, 0.15) is 0 Å². The molecule has 2 bridgehead atoms. The third-order valence-electron chi connectivity index (χ3n) is 4.53. The van der Waals surface area contributed by atoms with E-state index in [4.69, 9.17) is 5.73 Å². The molecular formula is C16H20N2O. The zero-order valence-corrected chi connectivity index (χ0v) is 11.5. The molecule has 19 heavy (non-hydrogen) atoms. The van der Waals surface area contributed by atoms with Crippen LogP contribution in [0.5, 0.6) is 0 Å². The molecule has 0 amide bonds. The minimum atomic E-state index is -0.433. The number of nitrogens with one attached hydrogen (secondary N) is 1. The van der Waals surface area contributed by atoms with E-state index in [1.165, 1.54) is 11.1 Å². The van der Waals surface area contributed by atoms with Crippen molar-refractivity contribution in [1.82, 2.24) is 4.98 Å². The van der Waals surface area contributed by atoms with E-state index in [9.17, 15) is 4.79 Å². The lowest BCUT2D eigenvalue weighted by Gasteiger charge is -2.45. The van der Waals surface area contributed by atoms with E-state index in [1.807, 2.05) is 6.07 Å². The van der Waals surface area contributed by atoms with Crippen LogP contribution in [-0.4, -0.2) is 4.98 Å². The van der Waals surface area contributed by atoms with Gasteiger partial charge in [-0.05, 0) is 43.4 Å². The van der Waals surface area contributed by atoms with Gasteiger partial charge in [-0.1, -0.05) is 24.6 Å². The summed E-state index contributed by atoms with van der Waals surface area (Å²) in [5.74, 6) is 0.337. The molecule has 0 radical (unpaired) electrons. The Kier molecular flexibility index (Phi) is 2.75. The summed E-state index contributed by atoms with van der Waals surface area (Å²) in [5, 5.41) is 0. The molecule has 1 heterocycles. The SMILES string of the molecule is CC=C1[C@@H]2C=C(CC)C[C@@]1(N)c1ccc(=O)[nH]c1C2. The average Bonchev–Trinajstić information content (AvgIpc) is 2.37. The first-order chi connectivity index (χ1) is 9.08. The van der Waals surface area contributed by atoms with Crippen molar-refractivity contribution in [1.29, 1.82) is 0 Å². The standard InChI is InChI=1S/C16H20N2O/c1-3-10-7-11-8-14-13(5-6-15(19)18-14)16(17,9-10)12(11)4-2/h4-7,11H,3,8-9,17H2,1-2H3,(H,18,19)/t11-,16+/m1/s1.